The molecule has 0 aromatic rings. The Morgan fingerprint density at radius 3 is 2.62 bits per heavy atom. The quantitative estimate of drug-likeness (QED) is 0.412. The lowest BCUT2D eigenvalue weighted by molar-refractivity contribution is 0.141. The van der Waals surface area contributed by atoms with E-state index in [-0.39, 0.29) is 0 Å². The highest BCUT2D eigenvalue weighted by Crippen LogP contribution is 2.08. The van der Waals surface area contributed by atoms with Crippen molar-refractivity contribution < 1.29 is 9.94 Å². The Balaban J connectivity index is 1.94. The van der Waals surface area contributed by atoms with Crippen LogP contribution in [0.4, 0.5) is 0 Å². The number of nitrogens with zero attached hydrogens (tertiary/aromatic N) is 2. The minimum Gasteiger partial charge on any atom is -0.411 e. The van der Waals surface area contributed by atoms with Crippen LogP contribution in [0, 0.1) is 0 Å². The van der Waals surface area contributed by atoms with Crippen LogP contribution in [-0.4, -0.2) is 48.7 Å². The van der Waals surface area contributed by atoms with E-state index in [2.05, 4.69) is 10.1 Å². The van der Waals surface area contributed by atoms with Crippen molar-refractivity contribution in [3.8, 4) is 0 Å². The number of hydrogen-bond donors (Lipinski definition) is 1. The molecule has 0 bridgehead atoms. The van der Waals surface area contributed by atoms with Crippen molar-refractivity contribution >= 4 is 5.71 Å². The largest absolute Gasteiger partial charge is 0.411 e. The second-order valence-corrected chi connectivity index (χ2v) is 4.27. The minimum absolute atomic E-state index is 0.829. The van der Waals surface area contributed by atoms with Gasteiger partial charge in [-0.3, -0.25) is 0 Å². The molecule has 1 N–H and O–H groups in total. The van der Waals surface area contributed by atoms with Gasteiger partial charge in [0.25, 0.3) is 0 Å². The highest BCUT2D eigenvalue weighted by Gasteiger charge is 2.14. The Kier molecular flexibility index (Phi) is 7.17. The molecule has 0 atom stereocenters. The molecule has 94 valence electrons. The normalized spacial score (nSPS) is 17.7. The molecule has 16 heavy (non-hydrogen) atoms. The number of piperidine rings is 1. The summed E-state index contributed by atoms with van der Waals surface area (Å²) in [7, 11) is 0. The van der Waals surface area contributed by atoms with E-state index in [0.29, 0.717) is 0 Å². The summed E-state index contributed by atoms with van der Waals surface area (Å²) in [5.41, 5.74) is 0.951. The summed E-state index contributed by atoms with van der Waals surface area (Å²) >= 11 is 0. The lowest BCUT2D eigenvalue weighted by Crippen LogP contribution is -2.34. The average Bonchev–Trinajstić information content (AvgIpc) is 2.34. The number of hydrogen-bond acceptors (Lipinski definition) is 4. The van der Waals surface area contributed by atoms with Crippen LogP contribution in [0.5, 0.6) is 0 Å². The van der Waals surface area contributed by atoms with Crippen molar-refractivity contribution in [3.05, 3.63) is 0 Å². The minimum atomic E-state index is 0.829. The molecule has 1 heterocycles. The van der Waals surface area contributed by atoms with Gasteiger partial charge in [0.2, 0.25) is 0 Å². The fraction of sp³-hybridized carbons (Fsp3) is 0.917. The molecule has 4 nitrogen and oxygen atoms in total. The first-order chi connectivity index (χ1) is 7.86. The third-order valence-corrected chi connectivity index (χ3v) is 3.04. The molecule has 0 radical (unpaired) electrons. The van der Waals surface area contributed by atoms with Crippen LogP contribution in [-0.2, 0) is 4.74 Å². The molecule has 0 spiro atoms. The third-order valence-electron chi connectivity index (χ3n) is 3.04. The molecule has 1 rings (SSSR count). The Bertz CT molecular complexity index is 197. The van der Waals surface area contributed by atoms with Crippen LogP contribution in [0.3, 0.4) is 0 Å². The molecule has 1 fully saturated rings. The van der Waals surface area contributed by atoms with Gasteiger partial charge in [0.15, 0.2) is 0 Å². The predicted octanol–water partition coefficient (Wildman–Crippen LogP) is 2.12. The molecule has 1 aliphatic rings. The van der Waals surface area contributed by atoms with Crippen LogP contribution >= 0.6 is 0 Å². The average molecular weight is 228 g/mol. The van der Waals surface area contributed by atoms with E-state index in [1.165, 1.54) is 25.8 Å². The Hall–Kier alpha value is -0.610. The van der Waals surface area contributed by atoms with E-state index >= 15 is 0 Å². The summed E-state index contributed by atoms with van der Waals surface area (Å²) in [5, 5.41) is 11.9. The predicted molar refractivity (Wildman–Crippen MR) is 65.2 cm³/mol. The highest BCUT2D eigenvalue weighted by molar-refractivity contribution is 5.84. The molecular weight excluding hydrogens is 204 g/mol. The molecule has 0 unspecified atom stereocenters. The zero-order chi connectivity index (χ0) is 11.6. The number of unbranched alkanes of at least 4 members (excludes halogenated alkanes) is 2. The summed E-state index contributed by atoms with van der Waals surface area (Å²) in [6.07, 6.45) is 5.52. The standard InChI is InChI=1S/C12H24N2O2/c1-2-16-11-5-3-4-8-14-9-6-12(13-15)7-10-14/h15H,2-11H2,1H3. The number of rotatable bonds is 7. The van der Waals surface area contributed by atoms with E-state index in [4.69, 9.17) is 9.94 Å². The maximum Gasteiger partial charge on any atom is 0.0596 e. The molecule has 1 saturated heterocycles. The van der Waals surface area contributed by atoms with Crippen LogP contribution in [0.1, 0.15) is 39.0 Å². The van der Waals surface area contributed by atoms with Crippen LogP contribution < -0.4 is 0 Å². The van der Waals surface area contributed by atoms with E-state index in [0.717, 1.165) is 44.9 Å². The van der Waals surface area contributed by atoms with Gasteiger partial charge in [-0.2, -0.15) is 0 Å². The highest BCUT2D eigenvalue weighted by atomic mass is 16.5. The summed E-state index contributed by atoms with van der Waals surface area (Å²) in [6.45, 7) is 7.03. The maximum atomic E-state index is 8.63. The number of likely N-dealkylation sites (tertiary alicyclic amines) is 1. The monoisotopic (exact) mass is 228 g/mol. The van der Waals surface area contributed by atoms with Crippen molar-refractivity contribution in [1.82, 2.24) is 4.90 Å². The van der Waals surface area contributed by atoms with Gasteiger partial charge >= 0.3 is 0 Å². The second-order valence-electron chi connectivity index (χ2n) is 4.27. The van der Waals surface area contributed by atoms with Crippen molar-refractivity contribution in [2.75, 3.05) is 32.8 Å². The van der Waals surface area contributed by atoms with Gasteiger partial charge in [0.1, 0.15) is 0 Å². The van der Waals surface area contributed by atoms with E-state index < -0.39 is 0 Å². The first kappa shape index (κ1) is 13.5. The molecule has 4 heteroatoms. The molecular formula is C12H24N2O2. The summed E-state index contributed by atoms with van der Waals surface area (Å²) in [6, 6.07) is 0. The van der Waals surface area contributed by atoms with Gasteiger partial charge in [-0.05, 0) is 32.7 Å². The zero-order valence-corrected chi connectivity index (χ0v) is 10.3. The summed E-state index contributed by atoms with van der Waals surface area (Å²) < 4.78 is 5.30. The summed E-state index contributed by atoms with van der Waals surface area (Å²) in [5.74, 6) is 0. The lowest BCUT2D eigenvalue weighted by Gasteiger charge is -2.26. The topological polar surface area (TPSA) is 45.1 Å². The van der Waals surface area contributed by atoms with Crippen LogP contribution in [0.2, 0.25) is 0 Å². The van der Waals surface area contributed by atoms with E-state index in [1.807, 2.05) is 6.92 Å². The van der Waals surface area contributed by atoms with Crippen molar-refractivity contribution in [3.63, 3.8) is 0 Å². The van der Waals surface area contributed by atoms with E-state index in [1.54, 1.807) is 0 Å². The second kappa shape index (κ2) is 8.53. The van der Waals surface area contributed by atoms with E-state index in [9.17, 15) is 0 Å². The van der Waals surface area contributed by atoms with Crippen molar-refractivity contribution in [2.45, 2.75) is 39.0 Å². The smallest absolute Gasteiger partial charge is 0.0596 e. The van der Waals surface area contributed by atoms with Crippen molar-refractivity contribution in [2.24, 2.45) is 5.16 Å². The third kappa shape index (κ3) is 5.47. The molecule has 1 aliphatic heterocycles. The number of oxime groups is 1. The first-order valence-electron chi connectivity index (χ1n) is 6.36. The summed E-state index contributed by atoms with van der Waals surface area (Å²) in [4.78, 5) is 2.45. The van der Waals surface area contributed by atoms with Gasteiger partial charge < -0.3 is 14.8 Å². The lowest BCUT2D eigenvalue weighted by atomic mass is 10.1. The SMILES string of the molecule is CCOCCCCCN1CCC(=NO)CC1. The fourth-order valence-electron chi connectivity index (χ4n) is 2.00. The molecule has 0 saturated carbocycles. The molecule has 0 aromatic carbocycles. The molecule has 0 aromatic heterocycles. The number of ether oxygens (including phenoxy) is 1. The van der Waals surface area contributed by atoms with Gasteiger partial charge in [-0.1, -0.05) is 5.16 Å². The van der Waals surface area contributed by atoms with Crippen LogP contribution in [0.15, 0.2) is 5.16 Å². The van der Waals surface area contributed by atoms with Crippen molar-refractivity contribution in [1.29, 1.82) is 0 Å². The zero-order valence-electron chi connectivity index (χ0n) is 10.3. The van der Waals surface area contributed by atoms with Gasteiger partial charge in [0, 0.05) is 39.1 Å². The molecule has 0 aliphatic carbocycles. The Morgan fingerprint density at radius 1 is 1.25 bits per heavy atom. The fourth-order valence-corrected chi connectivity index (χ4v) is 2.00. The maximum absolute atomic E-state index is 8.63. The van der Waals surface area contributed by atoms with Crippen LogP contribution in [0.25, 0.3) is 0 Å². The first-order valence-corrected chi connectivity index (χ1v) is 6.36. The Morgan fingerprint density at radius 2 is 2.00 bits per heavy atom. The Labute approximate surface area is 98.3 Å². The van der Waals surface area contributed by atoms with Gasteiger partial charge in [-0.15, -0.1) is 0 Å². The van der Waals surface area contributed by atoms with Gasteiger partial charge in [-0.25, -0.2) is 0 Å². The molecule has 0 amide bonds. The van der Waals surface area contributed by atoms with Gasteiger partial charge in [0.05, 0.1) is 5.71 Å².